The fourth-order valence-corrected chi connectivity index (χ4v) is 6.72. The van der Waals surface area contributed by atoms with E-state index in [-0.39, 0.29) is 11.3 Å². The highest BCUT2D eigenvalue weighted by Gasteiger charge is 2.57. The van der Waals surface area contributed by atoms with Crippen LogP contribution in [0.2, 0.25) is 0 Å². The van der Waals surface area contributed by atoms with Gasteiger partial charge in [-0.2, -0.15) is 0 Å². The molecule has 118 valence electrons. The van der Waals surface area contributed by atoms with E-state index in [2.05, 4.69) is 13.0 Å². The van der Waals surface area contributed by atoms with E-state index in [0.29, 0.717) is 17.8 Å². The number of hydrogen-bond acceptors (Lipinski definition) is 0. The van der Waals surface area contributed by atoms with Gasteiger partial charge in [-0.25, -0.2) is 8.78 Å². The summed E-state index contributed by atoms with van der Waals surface area (Å²) < 4.78 is 27.7. The van der Waals surface area contributed by atoms with E-state index in [4.69, 9.17) is 0 Å². The second-order valence-electron chi connectivity index (χ2n) is 8.46. The first-order chi connectivity index (χ1) is 10.1. The molecule has 21 heavy (non-hydrogen) atoms. The van der Waals surface area contributed by atoms with Crippen LogP contribution >= 0.6 is 0 Å². The van der Waals surface area contributed by atoms with Gasteiger partial charge in [-0.05, 0) is 74.0 Å². The van der Waals surface area contributed by atoms with Gasteiger partial charge in [0.15, 0.2) is 0 Å². The molecule has 0 unspecified atom stereocenters. The van der Waals surface area contributed by atoms with Crippen molar-refractivity contribution in [1.82, 2.24) is 0 Å². The summed E-state index contributed by atoms with van der Waals surface area (Å²) in [7, 11) is 0. The van der Waals surface area contributed by atoms with E-state index >= 15 is 0 Å². The highest BCUT2D eigenvalue weighted by molar-refractivity contribution is 5.19. The zero-order chi connectivity index (χ0) is 14.6. The van der Waals surface area contributed by atoms with Crippen molar-refractivity contribution < 1.29 is 8.78 Å². The van der Waals surface area contributed by atoms with E-state index in [1.807, 2.05) is 0 Å². The smallest absolute Gasteiger partial charge is 0.210 e. The normalized spacial score (nSPS) is 49.3. The number of rotatable bonds is 1. The molecule has 0 aliphatic heterocycles. The quantitative estimate of drug-likeness (QED) is 0.534. The van der Waals surface area contributed by atoms with Crippen molar-refractivity contribution in [2.24, 2.45) is 35.0 Å². The second-order valence-corrected chi connectivity index (χ2v) is 8.46. The lowest BCUT2D eigenvalue weighted by Gasteiger charge is -2.55. The maximum atomic E-state index is 13.9. The van der Waals surface area contributed by atoms with Gasteiger partial charge in [0.2, 0.25) is 6.43 Å². The SMILES string of the molecule is C[C@@]12CCC[C@H]1[C@@H]1CC=C3CCCC[C@@H]3[C@H]1[C@@H](C(F)F)C2. The van der Waals surface area contributed by atoms with Gasteiger partial charge in [0, 0.05) is 5.92 Å². The van der Waals surface area contributed by atoms with Gasteiger partial charge in [-0.15, -0.1) is 0 Å². The molecule has 0 radical (unpaired) electrons. The Morgan fingerprint density at radius 1 is 1.19 bits per heavy atom. The van der Waals surface area contributed by atoms with Crippen molar-refractivity contribution in [3.63, 3.8) is 0 Å². The molecule has 0 nitrogen and oxygen atoms in total. The molecule has 3 fully saturated rings. The number of alkyl halides is 2. The van der Waals surface area contributed by atoms with Gasteiger partial charge in [0.1, 0.15) is 0 Å². The molecule has 0 amide bonds. The molecule has 4 aliphatic carbocycles. The molecule has 0 aromatic rings. The molecule has 0 spiro atoms. The number of allylic oxidation sites excluding steroid dienone is 2. The first-order valence-electron chi connectivity index (χ1n) is 9.07. The standard InChI is InChI=1S/C19H28F2/c1-19-10-4-7-16(19)14-9-8-12-5-2-3-6-13(12)17(14)15(11-19)18(20)21/h8,13-18H,2-7,9-11H2,1H3/t13-,14-,15-,16-,17+,19-/m0/s1. The van der Waals surface area contributed by atoms with Crippen LogP contribution in [0.1, 0.15) is 64.7 Å². The average Bonchev–Trinajstić information content (AvgIpc) is 2.87. The van der Waals surface area contributed by atoms with Crippen LogP contribution in [0.15, 0.2) is 11.6 Å². The van der Waals surface area contributed by atoms with Gasteiger partial charge in [0.25, 0.3) is 0 Å². The minimum absolute atomic E-state index is 0.211. The summed E-state index contributed by atoms with van der Waals surface area (Å²) in [4.78, 5) is 0. The minimum atomic E-state index is -2.11. The molecule has 6 atom stereocenters. The van der Waals surface area contributed by atoms with Gasteiger partial charge >= 0.3 is 0 Å². The summed E-state index contributed by atoms with van der Waals surface area (Å²) in [5.41, 5.74) is 1.76. The third kappa shape index (κ3) is 2.11. The fraction of sp³-hybridized carbons (Fsp3) is 0.895. The monoisotopic (exact) mass is 294 g/mol. The summed E-state index contributed by atoms with van der Waals surface area (Å²) in [6, 6.07) is 0. The minimum Gasteiger partial charge on any atom is -0.210 e. The third-order valence-corrected chi connectivity index (χ3v) is 7.51. The Morgan fingerprint density at radius 2 is 2.05 bits per heavy atom. The Labute approximate surface area is 127 Å². The Balaban J connectivity index is 1.72. The molecule has 3 saturated carbocycles. The fourth-order valence-electron chi connectivity index (χ4n) is 6.72. The van der Waals surface area contributed by atoms with Crippen molar-refractivity contribution in [2.75, 3.05) is 0 Å². The van der Waals surface area contributed by atoms with E-state index < -0.39 is 6.43 Å². The highest BCUT2D eigenvalue weighted by atomic mass is 19.3. The molecule has 0 N–H and O–H groups in total. The van der Waals surface area contributed by atoms with Crippen molar-refractivity contribution >= 4 is 0 Å². The largest absolute Gasteiger partial charge is 0.241 e. The van der Waals surface area contributed by atoms with E-state index in [1.165, 1.54) is 44.9 Å². The van der Waals surface area contributed by atoms with Crippen molar-refractivity contribution in [3.8, 4) is 0 Å². The van der Waals surface area contributed by atoms with Crippen LogP contribution in [0.4, 0.5) is 8.78 Å². The lowest BCUT2D eigenvalue weighted by Crippen LogP contribution is -2.50. The van der Waals surface area contributed by atoms with Crippen molar-refractivity contribution in [2.45, 2.75) is 71.1 Å². The molecule has 0 heterocycles. The zero-order valence-corrected chi connectivity index (χ0v) is 13.2. The molecule has 0 aromatic heterocycles. The van der Waals surface area contributed by atoms with Crippen molar-refractivity contribution in [3.05, 3.63) is 11.6 Å². The van der Waals surface area contributed by atoms with Crippen LogP contribution in [0.5, 0.6) is 0 Å². The summed E-state index contributed by atoms with van der Waals surface area (Å²) in [5.74, 6) is 1.73. The summed E-state index contributed by atoms with van der Waals surface area (Å²) in [6.45, 7) is 2.32. The number of fused-ring (bicyclic) bond motifs is 5. The summed E-state index contributed by atoms with van der Waals surface area (Å²) in [5, 5.41) is 0. The van der Waals surface area contributed by atoms with Gasteiger partial charge in [-0.3, -0.25) is 0 Å². The van der Waals surface area contributed by atoms with Gasteiger partial charge in [0.05, 0.1) is 0 Å². The van der Waals surface area contributed by atoms with Gasteiger partial charge in [-0.1, -0.05) is 31.4 Å². The first-order valence-corrected chi connectivity index (χ1v) is 9.07. The third-order valence-electron chi connectivity index (χ3n) is 7.51. The lowest BCUT2D eigenvalue weighted by molar-refractivity contribution is -0.0946. The Bertz CT molecular complexity index is 441. The van der Waals surface area contributed by atoms with E-state index in [0.717, 1.165) is 18.8 Å². The lowest BCUT2D eigenvalue weighted by atomic mass is 9.50. The van der Waals surface area contributed by atoms with E-state index in [1.54, 1.807) is 5.57 Å². The maximum absolute atomic E-state index is 13.9. The Hall–Kier alpha value is -0.400. The first kappa shape index (κ1) is 14.2. The van der Waals surface area contributed by atoms with Gasteiger partial charge < -0.3 is 0 Å². The summed E-state index contributed by atoms with van der Waals surface area (Å²) in [6.07, 6.45) is 10.9. The van der Waals surface area contributed by atoms with Crippen LogP contribution in [0.3, 0.4) is 0 Å². The topological polar surface area (TPSA) is 0 Å². The molecule has 2 heteroatoms. The van der Waals surface area contributed by atoms with Crippen LogP contribution < -0.4 is 0 Å². The van der Waals surface area contributed by atoms with Crippen LogP contribution in [0, 0.1) is 35.0 Å². The Morgan fingerprint density at radius 3 is 2.86 bits per heavy atom. The molecule has 0 saturated heterocycles. The molecule has 4 rings (SSSR count). The second kappa shape index (κ2) is 5.06. The maximum Gasteiger partial charge on any atom is 0.241 e. The van der Waals surface area contributed by atoms with Crippen LogP contribution in [0.25, 0.3) is 0 Å². The highest BCUT2D eigenvalue weighted by Crippen LogP contribution is 2.63. The van der Waals surface area contributed by atoms with E-state index in [9.17, 15) is 8.78 Å². The molecular formula is C19H28F2. The number of hydrogen-bond donors (Lipinski definition) is 0. The zero-order valence-electron chi connectivity index (χ0n) is 13.2. The predicted molar refractivity (Wildman–Crippen MR) is 81.2 cm³/mol. The predicted octanol–water partition coefficient (Wildman–Crippen LogP) is 5.83. The summed E-state index contributed by atoms with van der Waals surface area (Å²) >= 11 is 0. The average molecular weight is 294 g/mol. The molecule has 4 aliphatic rings. The van der Waals surface area contributed by atoms with Crippen LogP contribution in [-0.4, -0.2) is 6.43 Å². The van der Waals surface area contributed by atoms with Crippen molar-refractivity contribution in [1.29, 1.82) is 0 Å². The number of halogens is 2. The Kier molecular flexibility index (Phi) is 3.42. The molecule has 0 aromatic carbocycles. The van der Waals surface area contributed by atoms with Crippen LogP contribution in [-0.2, 0) is 0 Å². The molecular weight excluding hydrogens is 266 g/mol. The molecule has 0 bridgehead atoms.